The third-order valence-corrected chi connectivity index (χ3v) is 5.44. The van der Waals surface area contributed by atoms with Crippen LogP contribution in [0.4, 0.5) is 18.9 Å². The molecule has 0 fully saturated rings. The smallest absolute Gasteiger partial charge is 0.379 e. The summed E-state index contributed by atoms with van der Waals surface area (Å²) in [7, 11) is -4.14. The van der Waals surface area contributed by atoms with E-state index in [-0.39, 0.29) is 10.7 Å². The molecule has 0 aliphatic heterocycles. The van der Waals surface area contributed by atoms with E-state index in [1.807, 2.05) is 5.32 Å². The third kappa shape index (κ3) is 4.85. The van der Waals surface area contributed by atoms with Crippen LogP contribution in [0, 0.1) is 11.3 Å². The molecule has 2 N–H and O–H groups in total. The van der Waals surface area contributed by atoms with Gasteiger partial charge in [0, 0.05) is 11.9 Å². The molecule has 1 aromatic heterocycles. The summed E-state index contributed by atoms with van der Waals surface area (Å²) in [6.45, 7) is 0.914. The third-order valence-electron chi connectivity index (χ3n) is 3.62. The van der Waals surface area contributed by atoms with Crippen molar-refractivity contribution in [3.8, 4) is 6.07 Å². The summed E-state index contributed by atoms with van der Waals surface area (Å²) in [5.74, 6) is -2.27. The van der Waals surface area contributed by atoms with Gasteiger partial charge in [0.2, 0.25) is 0 Å². The molecule has 0 bridgehead atoms. The molecule has 1 aromatic carbocycles. The Labute approximate surface area is 158 Å². The summed E-state index contributed by atoms with van der Waals surface area (Å²) in [5.41, 5.74) is -4.72. The average Bonchev–Trinajstić information content (AvgIpc) is 2.61. The van der Waals surface area contributed by atoms with E-state index in [0.717, 1.165) is 19.1 Å². The lowest BCUT2D eigenvalue weighted by molar-refractivity contribution is -0.137. The van der Waals surface area contributed by atoms with Crippen molar-refractivity contribution in [3.63, 3.8) is 0 Å². The number of hydrogen-bond acceptors (Lipinski definition) is 6. The van der Waals surface area contributed by atoms with E-state index in [1.165, 1.54) is 30.5 Å². The quantitative estimate of drug-likeness (QED) is 0.775. The van der Waals surface area contributed by atoms with Crippen LogP contribution in [0.15, 0.2) is 47.6 Å². The van der Waals surface area contributed by atoms with Gasteiger partial charge in [0.1, 0.15) is 0 Å². The van der Waals surface area contributed by atoms with Crippen molar-refractivity contribution in [1.29, 1.82) is 5.26 Å². The van der Waals surface area contributed by atoms with Gasteiger partial charge in [-0.05, 0) is 37.3 Å². The maximum Gasteiger partial charge on any atom is 0.417 e. The fraction of sp³-hybridized carbons (Fsp3) is 0.235. The van der Waals surface area contributed by atoms with Crippen molar-refractivity contribution in [2.75, 3.05) is 11.1 Å². The minimum absolute atomic E-state index is 0.355. The van der Waals surface area contributed by atoms with Crippen LogP contribution in [0.5, 0.6) is 0 Å². The Morgan fingerprint density at radius 3 is 2.50 bits per heavy atom. The molecule has 1 heterocycles. The van der Waals surface area contributed by atoms with Gasteiger partial charge in [-0.1, -0.05) is 6.07 Å². The van der Waals surface area contributed by atoms with Crippen LogP contribution in [0.2, 0.25) is 0 Å². The van der Waals surface area contributed by atoms with Crippen molar-refractivity contribution < 1.29 is 31.5 Å². The zero-order valence-electron chi connectivity index (χ0n) is 14.4. The number of anilines is 1. The Bertz CT molecular complexity index is 1030. The van der Waals surface area contributed by atoms with Crippen LogP contribution in [0.25, 0.3) is 0 Å². The zero-order valence-corrected chi connectivity index (χ0v) is 15.2. The van der Waals surface area contributed by atoms with E-state index in [4.69, 9.17) is 5.26 Å². The first-order valence-electron chi connectivity index (χ1n) is 7.66. The minimum Gasteiger partial charge on any atom is -0.379 e. The Balaban J connectivity index is 2.25. The van der Waals surface area contributed by atoms with Gasteiger partial charge in [-0.25, -0.2) is 13.4 Å². The predicted octanol–water partition coefficient (Wildman–Crippen LogP) is 2.14. The van der Waals surface area contributed by atoms with Gasteiger partial charge in [0.05, 0.1) is 22.9 Å². The highest BCUT2D eigenvalue weighted by Gasteiger charge is 2.38. The number of pyridine rings is 1. The van der Waals surface area contributed by atoms with Crippen LogP contribution in [0.1, 0.15) is 18.1 Å². The van der Waals surface area contributed by atoms with Gasteiger partial charge in [0.15, 0.2) is 20.5 Å². The number of rotatable bonds is 5. The summed E-state index contributed by atoms with van der Waals surface area (Å²) >= 11 is 0. The van der Waals surface area contributed by atoms with Crippen LogP contribution >= 0.6 is 0 Å². The Morgan fingerprint density at radius 2 is 1.96 bits per heavy atom. The zero-order chi connectivity index (χ0) is 21.2. The molecule has 28 heavy (non-hydrogen) atoms. The maximum atomic E-state index is 13.0. The molecule has 0 spiro atoms. The highest BCUT2D eigenvalue weighted by atomic mass is 32.2. The standard InChI is InChI=1S/C17H14F3N3O4S/c1-16(25,10-28(26,27)14-4-2-3-7-22-14)15(24)23-12-6-5-11(9-21)13(8-12)17(18,19)20/h2-8,25H,10H2,1H3,(H,23,24). The van der Waals surface area contributed by atoms with Gasteiger partial charge < -0.3 is 10.4 Å². The van der Waals surface area contributed by atoms with E-state index in [2.05, 4.69) is 4.98 Å². The molecule has 0 aliphatic rings. The van der Waals surface area contributed by atoms with Gasteiger partial charge in [-0.3, -0.25) is 4.79 Å². The Kier molecular flexibility index (Phi) is 5.77. The molecule has 0 saturated carbocycles. The molecular weight excluding hydrogens is 399 g/mol. The lowest BCUT2D eigenvalue weighted by Crippen LogP contribution is -2.46. The second-order valence-corrected chi connectivity index (χ2v) is 7.96. The Hall–Kier alpha value is -2.97. The van der Waals surface area contributed by atoms with Gasteiger partial charge in [0.25, 0.3) is 5.91 Å². The first-order valence-corrected chi connectivity index (χ1v) is 9.31. The number of carbonyl (C=O) groups excluding carboxylic acids is 1. The number of nitrogens with one attached hydrogen (secondary N) is 1. The molecule has 1 unspecified atom stereocenters. The summed E-state index contributed by atoms with van der Waals surface area (Å²) < 4.78 is 63.6. The SMILES string of the molecule is CC(O)(CS(=O)(=O)c1ccccn1)C(=O)Nc1ccc(C#N)c(C(F)(F)F)c1. The van der Waals surface area contributed by atoms with Crippen molar-refractivity contribution >= 4 is 21.4 Å². The highest BCUT2D eigenvalue weighted by molar-refractivity contribution is 7.91. The van der Waals surface area contributed by atoms with Crippen molar-refractivity contribution in [1.82, 2.24) is 4.98 Å². The van der Waals surface area contributed by atoms with Crippen molar-refractivity contribution in [3.05, 3.63) is 53.7 Å². The first kappa shape index (κ1) is 21.3. The van der Waals surface area contributed by atoms with Gasteiger partial charge >= 0.3 is 6.18 Å². The summed E-state index contributed by atoms with van der Waals surface area (Å²) in [6, 6.07) is 7.88. The fourth-order valence-corrected chi connectivity index (χ4v) is 3.79. The molecule has 11 heteroatoms. The molecule has 1 atom stereocenters. The van der Waals surface area contributed by atoms with Crippen molar-refractivity contribution in [2.45, 2.75) is 23.7 Å². The molecule has 7 nitrogen and oxygen atoms in total. The summed E-state index contributed by atoms with van der Waals surface area (Å²) in [6.07, 6.45) is -3.62. The summed E-state index contributed by atoms with van der Waals surface area (Å²) in [5, 5.41) is 20.7. The monoisotopic (exact) mass is 413 g/mol. The number of benzene rings is 1. The maximum absolute atomic E-state index is 13.0. The van der Waals surface area contributed by atoms with Crippen LogP contribution in [0.3, 0.4) is 0 Å². The number of aromatic nitrogens is 1. The predicted molar refractivity (Wildman–Crippen MR) is 91.7 cm³/mol. The molecule has 0 saturated heterocycles. The highest BCUT2D eigenvalue weighted by Crippen LogP contribution is 2.33. The number of nitrogens with zero attached hydrogens (tertiary/aromatic N) is 2. The van der Waals surface area contributed by atoms with Crippen LogP contribution in [-0.4, -0.2) is 35.8 Å². The number of alkyl halides is 3. The average molecular weight is 413 g/mol. The minimum atomic E-state index is -4.84. The number of carbonyl (C=O) groups is 1. The molecule has 1 amide bonds. The fourth-order valence-electron chi connectivity index (χ4n) is 2.26. The second-order valence-electron chi connectivity index (χ2n) is 6.02. The van der Waals surface area contributed by atoms with E-state index < -0.39 is 44.4 Å². The van der Waals surface area contributed by atoms with Crippen molar-refractivity contribution in [2.24, 2.45) is 0 Å². The molecule has 0 aliphatic carbocycles. The normalized spacial score (nSPS) is 14.0. The molecule has 148 valence electrons. The van der Waals surface area contributed by atoms with Gasteiger partial charge in [-0.15, -0.1) is 0 Å². The summed E-state index contributed by atoms with van der Waals surface area (Å²) in [4.78, 5) is 15.9. The largest absolute Gasteiger partial charge is 0.417 e. The van der Waals surface area contributed by atoms with Crippen LogP contribution in [-0.2, 0) is 20.8 Å². The first-order chi connectivity index (χ1) is 12.9. The lowest BCUT2D eigenvalue weighted by atomic mass is 10.1. The van der Waals surface area contributed by atoms with Gasteiger partial charge in [-0.2, -0.15) is 18.4 Å². The second kappa shape index (κ2) is 7.57. The molecule has 0 radical (unpaired) electrons. The van der Waals surface area contributed by atoms with E-state index in [9.17, 15) is 31.5 Å². The topological polar surface area (TPSA) is 120 Å². The number of hydrogen-bond donors (Lipinski definition) is 2. The van der Waals surface area contributed by atoms with Crippen LogP contribution < -0.4 is 5.32 Å². The molecule has 2 aromatic rings. The number of amides is 1. The lowest BCUT2D eigenvalue weighted by Gasteiger charge is -2.22. The number of nitriles is 1. The Morgan fingerprint density at radius 1 is 1.29 bits per heavy atom. The van der Waals surface area contributed by atoms with E-state index in [1.54, 1.807) is 0 Å². The molecule has 2 rings (SSSR count). The molecular formula is C17H14F3N3O4S. The van der Waals surface area contributed by atoms with E-state index in [0.29, 0.717) is 6.07 Å². The number of halogens is 3. The number of aliphatic hydroxyl groups is 1. The number of sulfone groups is 1. The van der Waals surface area contributed by atoms with E-state index >= 15 is 0 Å².